The number of benzene rings is 1. The van der Waals surface area contributed by atoms with Crippen molar-refractivity contribution >= 4 is 11.6 Å². The predicted molar refractivity (Wildman–Crippen MR) is 69.5 cm³/mol. The number of hydrogen-bond donors (Lipinski definition) is 2. The van der Waals surface area contributed by atoms with E-state index < -0.39 is 0 Å². The summed E-state index contributed by atoms with van der Waals surface area (Å²) in [6, 6.07) is 5.19. The minimum Gasteiger partial charge on any atom is -0.506 e. The Kier molecular flexibility index (Phi) is 4.17. The molecule has 1 heterocycles. The Labute approximate surface area is 110 Å². The summed E-state index contributed by atoms with van der Waals surface area (Å²) in [5.41, 5.74) is 1.03. The summed E-state index contributed by atoms with van der Waals surface area (Å²) in [7, 11) is 1.85. The zero-order valence-electron chi connectivity index (χ0n) is 10.1. The fourth-order valence-electron chi connectivity index (χ4n) is 1.59. The van der Waals surface area contributed by atoms with Gasteiger partial charge < -0.3 is 10.4 Å². The molecule has 1 aromatic heterocycles. The molecule has 0 unspecified atom stereocenters. The van der Waals surface area contributed by atoms with Crippen LogP contribution in [0.15, 0.2) is 24.5 Å². The molecular formula is C12H15ClN4O. The average Bonchev–Trinajstić information content (AvgIpc) is 2.75. The van der Waals surface area contributed by atoms with Crippen LogP contribution < -0.4 is 5.32 Å². The number of halogens is 1. The Bertz CT molecular complexity index is 527. The third kappa shape index (κ3) is 3.45. The van der Waals surface area contributed by atoms with E-state index in [9.17, 15) is 5.11 Å². The zero-order valence-corrected chi connectivity index (χ0v) is 10.9. The number of hydrogen-bond acceptors (Lipinski definition) is 4. The van der Waals surface area contributed by atoms with Crippen molar-refractivity contribution < 1.29 is 5.11 Å². The first kappa shape index (κ1) is 12.9. The van der Waals surface area contributed by atoms with E-state index in [4.69, 9.17) is 11.6 Å². The molecule has 0 aliphatic carbocycles. The molecule has 2 aromatic rings. The Hall–Kier alpha value is -1.59. The van der Waals surface area contributed by atoms with E-state index in [1.54, 1.807) is 23.1 Å². The van der Waals surface area contributed by atoms with Crippen LogP contribution in [0.25, 0.3) is 0 Å². The molecule has 6 heteroatoms. The van der Waals surface area contributed by atoms with Gasteiger partial charge in [0.15, 0.2) is 5.82 Å². The zero-order chi connectivity index (χ0) is 13.0. The van der Waals surface area contributed by atoms with Gasteiger partial charge >= 0.3 is 0 Å². The van der Waals surface area contributed by atoms with Gasteiger partial charge in [0.1, 0.15) is 12.1 Å². The number of aromatic hydroxyl groups is 1. The van der Waals surface area contributed by atoms with Gasteiger partial charge in [0.2, 0.25) is 0 Å². The number of phenolic OH excluding ortho intramolecular Hbond substituents is 1. The molecule has 0 aliphatic heterocycles. The summed E-state index contributed by atoms with van der Waals surface area (Å²) >= 11 is 5.82. The Morgan fingerprint density at radius 1 is 1.44 bits per heavy atom. The fourth-order valence-corrected chi connectivity index (χ4v) is 1.79. The normalized spacial score (nSPS) is 10.8. The highest BCUT2D eigenvalue weighted by molar-refractivity contribution is 6.32. The number of aromatic nitrogens is 3. The van der Waals surface area contributed by atoms with Crippen LogP contribution in [0.3, 0.4) is 0 Å². The van der Waals surface area contributed by atoms with E-state index in [-0.39, 0.29) is 5.75 Å². The Morgan fingerprint density at radius 3 is 2.94 bits per heavy atom. The smallest absolute Gasteiger partial charge is 0.151 e. The second-order valence-corrected chi connectivity index (χ2v) is 4.45. The van der Waals surface area contributed by atoms with Crippen LogP contribution in [0.5, 0.6) is 5.75 Å². The van der Waals surface area contributed by atoms with Crippen molar-refractivity contribution in [1.82, 2.24) is 20.1 Å². The van der Waals surface area contributed by atoms with E-state index in [1.165, 1.54) is 0 Å². The van der Waals surface area contributed by atoms with Gasteiger partial charge in [-0.2, -0.15) is 5.10 Å². The SMILES string of the molecule is Cn1cnc(CCNCc2ccc(O)c(Cl)c2)n1. The first-order valence-corrected chi connectivity index (χ1v) is 6.05. The molecule has 2 rings (SSSR count). The summed E-state index contributed by atoms with van der Waals surface area (Å²) in [5.74, 6) is 0.937. The minimum absolute atomic E-state index is 0.109. The maximum atomic E-state index is 9.30. The van der Waals surface area contributed by atoms with Crippen molar-refractivity contribution in [2.45, 2.75) is 13.0 Å². The monoisotopic (exact) mass is 266 g/mol. The second kappa shape index (κ2) is 5.84. The highest BCUT2D eigenvalue weighted by Crippen LogP contribution is 2.23. The van der Waals surface area contributed by atoms with Gasteiger partial charge in [-0.3, -0.25) is 4.68 Å². The van der Waals surface area contributed by atoms with Crippen LogP contribution in [0.1, 0.15) is 11.4 Å². The standard InChI is InChI=1S/C12H15ClN4O/c1-17-8-15-12(16-17)4-5-14-7-9-2-3-11(18)10(13)6-9/h2-3,6,8,14,18H,4-5,7H2,1H3. The maximum Gasteiger partial charge on any atom is 0.151 e. The molecule has 18 heavy (non-hydrogen) atoms. The van der Waals surface area contributed by atoms with E-state index in [0.29, 0.717) is 11.6 Å². The van der Waals surface area contributed by atoms with E-state index >= 15 is 0 Å². The van der Waals surface area contributed by atoms with E-state index in [1.807, 2.05) is 13.1 Å². The molecule has 0 radical (unpaired) electrons. The van der Waals surface area contributed by atoms with Crippen molar-refractivity contribution in [2.24, 2.45) is 7.05 Å². The predicted octanol–water partition coefficient (Wildman–Crippen LogP) is 1.51. The van der Waals surface area contributed by atoms with Crippen molar-refractivity contribution in [3.63, 3.8) is 0 Å². The number of phenols is 1. The van der Waals surface area contributed by atoms with Gasteiger partial charge in [-0.25, -0.2) is 4.98 Å². The Morgan fingerprint density at radius 2 is 2.28 bits per heavy atom. The largest absolute Gasteiger partial charge is 0.506 e. The lowest BCUT2D eigenvalue weighted by atomic mass is 10.2. The Balaban J connectivity index is 1.76. The van der Waals surface area contributed by atoms with Crippen LogP contribution >= 0.6 is 11.6 Å². The minimum atomic E-state index is 0.109. The molecule has 96 valence electrons. The maximum absolute atomic E-state index is 9.30. The lowest BCUT2D eigenvalue weighted by Gasteiger charge is -2.05. The summed E-state index contributed by atoms with van der Waals surface area (Å²) in [4.78, 5) is 4.14. The summed E-state index contributed by atoms with van der Waals surface area (Å²) < 4.78 is 1.69. The first-order valence-electron chi connectivity index (χ1n) is 5.68. The molecular weight excluding hydrogens is 252 g/mol. The number of aryl methyl sites for hydroxylation is 1. The van der Waals surface area contributed by atoms with Gasteiger partial charge in [0, 0.05) is 26.6 Å². The highest BCUT2D eigenvalue weighted by Gasteiger charge is 2.01. The number of nitrogens with zero attached hydrogens (tertiary/aromatic N) is 3. The molecule has 0 spiro atoms. The average molecular weight is 267 g/mol. The first-order chi connectivity index (χ1) is 8.65. The molecule has 0 saturated carbocycles. The second-order valence-electron chi connectivity index (χ2n) is 4.05. The molecule has 0 atom stereocenters. The van der Waals surface area contributed by atoms with Gasteiger partial charge in [0.05, 0.1) is 5.02 Å². The van der Waals surface area contributed by atoms with E-state index in [0.717, 1.165) is 24.4 Å². The van der Waals surface area contributed by atoms with Gasteiger partial charge in [-0.1, -0.05) is 17.7 Å². The summed E-state index contributed by atoms with van der Waals surface area (Å²) in [6.07, 6.45) is 2.47. The van der Waals surface area contributed by atoms with Crippen LogP contribution in [0, 0.1) is 0 Å². The lowest BCUT2D eigenvalue weighted by Crippen LogP contribution is -2.17. The third-order valence-electron chi connectivity index (χ3n) is 2.51. The summed E-state index contributed by atoms with van der Waals surface area (Å²) in [6.45, 7) is 1.50. The topological polar surface area (TPSA) is 63.0 Å². The molecule has 0 bridgehead atoms. The summed E-state index contributed by atoms with van der Waals surface area (Å²) in [5, 5.41) is 17.1. The van der Waals surface area contributed by atoms with Crippen LogP contribution in [0.4, 0.5) is 0 Å². The molecule has 0 saturated heterocycles. The molecule has 0 amide bonds. The highest BCUT2D eigenvalue weighted by atomic mass is 35.5. The lowest BCUT2D eigenvalue weighted by molar-refractivity contribution is 0.475. The van der Waals surface area contributed by atoms with Gasteiger partial charge in [-0.05, 0) is 17.7 Å². The molecule has 0 aliphatic rings. The van der Waals surface area contributed by atoms with Gasteiger partial charge in [0.25, 0.3) is 0 Å². The number of nitrogens with one attached hydrogen (secondary N) is 1. The quantitative estimate of drug-likeness (QED) is 0.806. The molecule has 5 nitrogen and oxygen atoms in total. The molecule has 1 aromatic carbocycles. The third-order valence-corrected chi connectivity index (χ3v) is 2.82. The van der Waals surface area contributed by atoms with Crippen LogP contribution in [-0.4, -0.2) is 26.4 Å². The molecule has 0 fully saturated rings. The van der Waals surface area contributed by atoms with Gasteiger partial charge in [-0.15, -0.1) is 0 Å². The fraction of sp³-hybridized carbons (Fsp3) is 0.333. The number of rotatable bonds is 5. The van der Waals surface area contributed by atoms with Crippen molar-refractivity contribution in [1.29, 1.82) is 0 Å². The van der Waals surface area contributed by atoms with Crippen LogP contribution in [-0.2, 0) is 20.0 Å². The molecule has 2 N–H and O–H groups in total. The van der Waals surface area contributed by atoms with Crippen LogP contribution in [0.2, 0.25) is 5.02 Å². The van der Waals surface area contributed by atoms with Crippen molar-refractivity contribution in [2.75, 3.05) is 6.54 Å². The van der Waals surface area contributed by atoms with E-state index in [2.05, 4.69) is 15.4 Å². The van der Waals surface area contributed by atoms with Crippen molar-refractivity contribution in [3.8, 4) is 5.75 Å². The van der Waals surface area contributed by atoms with Crippen molar-refractivity contribution in [3.05, 3.63) is 40.9 Å².